The normalized spacial score (nSPS) is 16.2. The summed E-state index contributed by atoms with van der Waals surface area (Å²) in [6.45, 7) is 14.7. The van der Waals surface area contributed by atoms with Crippen molar-refractivity contribution in [2.45, 2.75) is 51.6 Å². The summed E-state index contributed by atoms with van der Waals surface area (Å²) in [7, 11) is -1.94. The average molecular weight is 695 g/mol. The molecule has 0 amide bonds. The second kappa shape index (κ2) is 10.3. The first-order valence-corrected chi connectivity index (χ1v) is 22.2. The van der Waals surface area contributed by atoms with E-state index in [1.165, 1.54) is 99.4 Å². The predicted octanol–water partition coefficient (Wildman–Crippen LogP) is 12.7. The van der Waals surface area contributed by atoms with Gasteiger partial charge in [-0.05, 0) is 122 Å². The van der Waals surface area contributed by atoms with Gasteiger partial charge in [-0.25, -0.2) is 0 Å². The molecule has 1 heteroatoms. The number of hydrogen-bond acceptors (Lipinski definition) is 0. The van der Waals surface area contributed by atoms with Crippen molar-refractivity contribution in [2.24, 2.45) is 0 Å². The highest BCUT2D eigenvalue weighted by Gasteiger charge is 2.41. The van der Waals surface area contributed by atoms with Crippen LogP contribution in [0.5, 0.6) is 0 Å². The first kappa shape index (κ1) is 31.1. The zero-order chi connectivity index (χ0) is 36.0. The molecule has 0 nitrogen and oxygen atoms in total. The molecule has 0 unspecified atom stereocenters. The van der Waals surface area contributed by atoms with E-state index in [0.717, 1.165) is 0 Å². The molecular weight excluding hydrogens is 653 g/mol. The Balaban J connectivity index is 1.27. The van der Waals surface area contributed by atoms with Crippen molar-refractivity contribution in [3.05, 3.63) is 168 Å². The van der Waals surface area contributed by atoms with Crippen LogP contribution in [0.3, 0.4) is 0 Å². The third-order valence-corrected chi connectivity index (χ3v) is 17.0. The smallest absolute Gasteiger partial charge is 0.0623 e. The van der Waals surface area contributed by atoms with Crippen LogP contribution in [0.15, 0.2) is 146 Å². The number of fused-ring (bicyclic) bond motifs is 12. The molecule has 0 atom stereocenters. The summed E-state index contributed by atoms with van der Waals surface area (Å²) in [5.41, 5.74) is 19.2. The van der Waals surface area contributed by atoms with Crippen molar-refractivity contribution in [3.63, 3.8) is 0 Å². The molecule has 8 aromatic rings. The maximum absolute atomic E-state index is 2.54. The highest BCUT2D eigenvalue weighted by atomic mass is 28.3. The average Bonchev–Trinajstić information content (AvgIpc) is 3.66. The van der Waals surface area contributed by atoms with Crippen LogP contribution in [-0.2, 0) is 10.8 Å². The van der Waals surface area contributed by atoms with Gasteiger partial charge in [-0.1, -0.05) is 174 Å². The Morgan fingerprint density at radius 2 is 0.830 bits per heavy atom. The van der Waals surface area contributed by atoms with Gasteiger partial charge in [-0.2, -0.15) is 0 Å². The lowest BCUT2D eigenvalue weighted by Crippen LogP contribution is -2.49. The Morgan fingerprint density at radius 1 is 0.358 bits per heavy atom. The molecule has 1 aliphatic heterocycles. The molecule has 11 rings (SSSR count). The molecule has 0 aromatic heterocycles. The van der Waals surface area contributed by atoms with Crippen LogP contribution >= 0.6 is 0 Å². The first-order chi connectivity index (χ1) is 25.6. The maximum Gasteiger partial charge on any atom is 0.113 e. The number of rotatable bonds is 2. The summed E-state index contributed by atoms with van der Waals surface area (Å²) in [5.74, 6) is 0. The van der Waals surface area contributed by atoms with Gasteiger partial charge in [0.2, 0.25) is 0 Å². The van der Waals surface area contributed by atoms with Crippen LogP contribution in [0, 0.1) is 0 Å². The highest BCUT2D eigenvalue weighted by molar-refractivity contribution is 7.04. The third-order valence-electron chi connectivity index (χ3n) is 13.5. The van der Waals surface area contributed by atoms with E-state index >= 15 is 0 Å². The minimum atomic E-state index is -1.94. The lowest BCUT2D eigenvalue weighted by Gasteiger charge is -2.25. The van der Waals surface area contributed by atoms with Crippen LogP contribution < -0.4 is 10.4 Å². The van der Waals surface area contributed by atoms with Crippen LogP contribution in [0.25, 0.3) is 77.2 Å². The van der Waals surface area contributed by atoms with Gasteiger partial charge >= 0.3 is 0 Å². The van der Waals surface area contributed by atoms with Gasteiger partial charge < -0.3 is 0 Å². The number of benzene rings is 8. The van der Waals surface area contributed by atoms with Gasteiger partial charge in [0.15, 0.2) is 0 Å². The topological polar surface area (TPSA) is 0 Å². The summed E-state index contributed by atoms with van der Waals surface area (Å²) in [4.78, 5) is 0. The molecular formula is C52H42Si. The summed E-state index contributed by atoms with van der Waals surface area (Å²) < 4.78 is 0. The molecule has 0 radical (unpaired) electrons. The van der Waals surface area contributed by atoms with Gasteiger partial charge in [0.05, 0.1) is 0 Å². The van der Waals surface area contributed by atoms with E-state index in [1.54, 1.807) is 10.4 Å². The summed E-state index contributed by atoms with van der Waals surface area (Å²) in [6.07, 6.45) is 0. The Morgan fingerprint density at radius 3 is 1.43 bits per heavy atom. The van der Waals surface area contributed by atoms with Crippen molar-refractivity contribution >= 4 is 40.0 Å². The highest BCUT2D eigenvalue weighted by Crippen LogP contribution is 2.54. The van der Waals surface area contributed by atoms with Crippen LogP contribution in [-0.4, -0.2) is 8.07 Å². The van der Waals surface area contributed by atoms with Crippen molar-refractivity contribution in [3.8, 4) is 55.6 Å². The molecule has 2 aliphatic carbocycles. The summed E-state index contributed by atoms with van der Waals surface area (Å²) in [5, 5.41) is 8.48. The molecule has 8 aromatic carbocycles. The van der Waals surface area contributed by atoms with E-state index in [0.29, 0.717) is 0 Å². The van der Waals surface area contributed by atoms with Gasteiger partial charge in [-0.3, -0.25) is 0 Å². The minimum Gasteiger partial charge on any atom is -0.0623 e. The SMILES string of the molecule is CC1(C)c2ccccc2-c2ccc(-c3c4ccccc4c(-c4ccc5c(c4)C(C)(C)c4ccccc4-5)c4c5c(ccc34)[Si](C)(C)c3ccccc3-5)cc21. The fraction of sp³-hybridized carbons (Fsp3) is 0.154. The fourth-order valence-electron chi connectivity index (χ4n) is 10.8. The molecule has 0 spiro atoms. The van der Waals surface area contributed by atoms with Crippen molar-refractivity contribution in [1.82, 2.24) is 0 Å². The van der Waals surface area contributed by atoms with E-state index < -0.39 is 8.07 Å². The Labute approximate surface area is 313 Å². The molecule has 0 bridgehead atoms. The molecule has 0 saturated carbocycles. The second-order valence-corrected chi connectivity index (χ2v) is 21.6. The summed E-state index contributed by atoms with van der Waals surface area (Å²) >= 11 is 0. The molecule has 1 heterocycles. The monoisotopic (exact) mass is 694 g/mol. The van der Waals surface area contributed by atoms with Crippen molar-refractivity contribution in [2.75, 3.05) is 0 Å². The predicted molar refractivity (Wildman–Crippen MR) is 230 cm³/mol. The Bertz CT molecular complexity index is 2920. The third kappa shape index (κ3) is 3.91. The van der Waals surface area contributed by atoms with Gasteiger partial charge in [0.1, 0.15) is 8.07 Å². The number of hydrogen-bond donors (Lipinski definition) is 0. The van der Waals surface area contributed by atoms with Gasteiger partial charge in [-0.15, -0.1) is 0 Å². The van der Waals surface area contributed by atoms with E-state index in [1.807, 2.05) is 0 Å². The van der Waals surface area contributed by atoms with Crippen LogP contribution in [0.4, 0.5) is 0 Å². The summed E-state index contributed by atoms with van der Waals surface area (Å²) in [6, 6.07) is 56.2. The molecule has 0 fully saturated rings. The second-order valence-electron chi connectivity index (χ2n) is 17.2. The van der Waals surface area contributed by atoms with E-state index in [2.05, 4.69) is 186 Å². The minimum absolute atomic E-state index is 0.0713. The molecule has 0 N–H and O–H groups in total. The van der Waals surface area contributed by atoms with E-state index in [-0.39, 0.29) is 10.8 Å². The van der Waals surface area contributed by atoms with Crippen LogP contribution in [0.1, 0.15) is 49.9 Å². The zero-order valence-corrected chi connectivity index (χ0v) is 32.4. The first-order valence-electron chi connectivity index (χ1n) is 19.2. The van der Waals surface area contributed by atoms with Crippen molar-refractivity contribution in [1.29, 1.82) is 0 Å². The Kier molecular flexibility index (Phi) is 6.06. The molecule has 53 heavy (non-hydrogen) atoms. The largest absolute Gasteiger partial charge is 0.113 e. The van der Waals surface area contributed by atoms with E-state index in [9.17, 15) is 0 Å². The Hall–Kier alpha value is -5.50. The fourth-order valence-corrected chi connectivity index (χ4v) is 13.9. The lowest BCUT2D eigenvalue weighted by molar-refractivity contribution is 0.660. The molecule has 0 saturated heterocycles. The maximum atomic E-state index is 2.54. The van der Waals surface area contributed by atoms with Gasteiger partial charge in [0, 0.05) is 10.8 Å². The molecule has 3 aliphatic rings. The van der Waals surface area contributed by atoms with Crippen LogP contribution in [0.2, 0.25) is 13.1 Å². The lowest BCUT2D eigenvalue weighted by atomic mass is 9.78. The molecule has 254 valence electrons. The zero-order valence-electron chi connectivity index (χ0n) is 31.4. The quantitative estimate of drug-likeness (QED) is 0.125. The van der Waals surface area contributed by atoms with Gasteiger partial charge in [0.25, 0.3) is 0 Å². The van der Waals surface area contributed by atoms with Crippen molar-refractivity contribution < 1.29 is 0 Å². The van der Waals surface area contributed by atoms with E-state index in [4.69, 9.17) is 0 Å². The standard InChI is InChI=1S/C52H42Si/c1-51(2)41-20-12-9-15-33(41)35-25-23-31(29-43(35)51)47-37-17-7-8-18-38(37)48(32-24-26-36-34-16-10-13-21-42(34)52(3,4)44(36)30-32)50-40(47)27-28-46-49(50)39-19-11-14-22-45(39)53(46,5)6/h7-30H,1-6H3.